The second kappa shape index (κ2) is 3.99. The minimum absolute atomic E-state index is 0.290. The van der Waals surface area contributed by atoms with Crippen LogP contribution in [0.5, 0.6) is 0 Å². The molecule has 0 aromatic rings. The Kier molecular flexibility index (Phi) is 3.09. The van der Waals surface area contributed by atoms with Crippen LogP contribution < -0.4 is 5.73 Å². The predicted molar refractivity (Wildman–Crippen MR) is 67.2 cm³/mol. The number of nitrogens with two attached hydrogens (primary N) is 1. The van der Waals surface area contributed by atoms with Gasteiger partial charge in [0.2, 0.25) is 0 Å². The Balaban J connectivity index is 2.07. The molecule has 2 saturated carbocycles. The summed E-state index contributed by atoms with van der Waals surface area (Å²) in [7, 11) is 0. The Morgan fingerprint density at radius 2 is 1.31 bits per heavy atom. The lowest BCUT2D eigenvalue weighted by atomic mass is 9.60. The first kappa shape index (κ1) is 12.4. The van der Waals surface area contributed by atoms with Gasteiger partial charge in [0.15, 0.2) is 0 Å². The van der Waals surface area contributed by atoms with Gasteiger partial charge < -0.3 is 10.8 Å². The van der Waals surface area contributed by atoms with Gasteiger partial charge in [0, 0.05) is 5.54 Å². The van der Waals surface area contributed by atoms with Gasteiger partial charge in [0.25, 0.3) is 0 Å². The Hall–Kier alpha value is -0.0800. The van der Waals surface area contributed by atoms with Crippen molar-refractivity contribution in [1.82, 2.24) is 0 Å². The third-order valence-corrected chi connectivity index (χ3v) is 5.10. The largest absolute Gasteiger partial charge is 0.388 e. The number of hydrogen-bond acceptors (Lipinski definition) is 2. The molecule has 0 aromatic heterocycles. The molecule has 0 aromatic carbocycles. The van der Waals surface area contributed by atoms with Crippen LogP contribution in [0, 0.1) is 5.41 Å². The Morgan fingerprint density at radius 1 is 0.812 bits per heavy atom. The van der Waals surface area contributed by atoms with Crippen LogP contribution in [0.15, 0.2) is 0 Å². The highest BCUT2D eigenvalue weighted by Crippen LogP contribution is 2.47. The summed E-state index contributed by atoms with van der Waals surface area (Å²) in [6, 6.07) is 0. The minimum atomic E-state index is -0.580. The molecular weight excluding hydrogens is 198 g/mol. The molecule has 0 unspecified atom stereocenters. The van der Waals surface area contributed by atoms with Crippen molar-refractivity contribution in [3.63, 3.8) is 0 Å². The van der Waals surface area contributed by atoms with Crippen molar-refractivity contribution in [3.8, 4) is 0 Å². The van der Waals surface area contributed by atoms with Gasteiger partial charge in [-0.25, -0.2) is 0 Å². The van der Waals surface area contributed by atoms with E-state index in [1.165, 1.54) is 19.3 Å². The molecule has 16 heavy (non-hydrogen) atoms. The Labute approximate surface area is 99.6 Å². The molecule has 2 aliphatic carbocycles. The van der Waals surface area contributed by atoms with Gasteiger partial charge in [-0.2, -0.15) is 0 Å². The second-order valence-electron chi connectivity index (χ2n) is 6.91. The molecule has 0 saturated heterocycles. The van der Waals surface area contributed by atoms with Gasteiger partial charge in [-0.3, -0.25) is 0 Å². The smallest absolute Gasteiger partial charge is 0.0826 e. The normalized spacial score (nSPS) is 32.2. The van der Waals surface area contributed by atoms with E-state index in [1.807, 2.05) is 0 Å². The van der Waals surface area contributed by atoms with Crippen LogP contribution in [0.1, 0.15) is 71.6 Å². The van der Waals surface area contributed by atoms with E-state index in [1.54, 1.807) is 0 Å². The van der Waals surface area contributed by atoms with Crippen LogP contribution in [0.4, 0.5) is 0 Å². The van der Waals surface area contributed by atoms with Crippen molar-refractivity contribution in [2.75, 3.05) is 0 Å². The van der Waals surface area contributed by atoms with E-state index in [9.17, 15) is 5.11 Å². The first-order chi connectivity index (χ1) is 7.37. The third kappa shape index (κ3) is 2.14. The molecule has 0 bridgehead atoms. The van der Waals surface area contributed by atoms with E-state index >= 15 is 0 Å². The van der Waals surface area contributed by atoms with E-state index in [4.69, 9.17) is 5.73 Å². The SMILES string of the molecule is CC1(C)CCC(O)(C2(N)CCCCC2)CC1. The summed E-state index contributed by atoms with van der Waals surface area (Å²) >= 11 is 0. The molecule has 3 N–H and O–H groups in total. The Bertz CT molecular complexity index is 243. The first-order valence-electron chi connectivity index (χ1n) is 6.88. The van der Waals surface area contributed by atoms with Gasteiger partial charge in [-0.1, -0.05) is 33.1 Å². The Morgan fingerprint density at radius 3 is 1.81 bits per heavy atom. The van der Waals surface area contributed by atoms with Crippen LogP contribution in [-0.4, -0.2) is 16.2 Å². The monoisotopic (exact) mass is 225 g/mol. The van der Waals surface area contributed by atoms with Gasteiger partial charge in [-0.05, 0) is 43.9 Å². The average molecular weight is 225 g/mol. The summed E-state index contributed by atoms with van der Waals surface area (Å²) in [6.45, 7) is 4.60. The molecule has 0 radical (unpaired) electrons. The van der Waals surface area contributed by atoms with Crippen LogP contribution in [-0.2, 0) is 0 Å². The van der Waals surface area contributed by atoms with Crippen molar-refractivity contribution in [3.05, 3.63) is 0 Å². The lowest BCUT2D eigenvalue weighted by Crippen LogP contribution is -2.63. The molecule has 94 valence electrons. The molecule has 2 heteroatoms. The number of rotatable bonds is 1. The molecule has 2 aliphatic rings. The molecule has 0 heterocycles. The zero-order chi connectivity index (χ0) is 11.9. The van der Waals surface area contributed by atoms with E-state index in [2.05, 4.69) is 13.8 Å². The molecule has 0 spiro atoms. The topological polar surface area (TPSA) is 46.2 Å². The molecule has 0 amide bonds. The maximum atomic E-state index is 10.9. The number of hydrogen-bond donors (Lipinski definition) is 2. The first-order valence-corrected chi connectivity index (χ1v) is 6.88. The molecule has 2 fully saturated rings. The van der Waals surface area contributed by atoms with Crippen LogP contribution in [0.2, 0.25) is 0 Å². The van der Waals surface area contributed by atoms with Crippen molar-refractivity contribution in [2.24, 2.45) is 11.1 Å². The number of aliphatic hydroxyl groups is 1. The molecule has 0 aliphatic heterocycles. The van der Waals surface area contributed by atoms with Crippen molar-refractivity contribution in [1.29, 1.82) is 0 Å². The van der Waals surface area contributed by atoms with E-state index in [0.717, 1.165) is 38.5 Å². The lowest BCUT2D eigenvalue weighted by molar-refractivity contribution is -0.0959. The summed E-state index contributed by atoms with van der Waals surface area (Å²) in [5, 5.41) is 10.9. The minimum Gasteiger partial charge on any atom is -0.388 e. The van der Waals surface area contributed by atoms with Gasteiger partial charge in [-0.15, -0.1) is 0 Å². The third-order valence-electron chi connectivity index (χ3n) is 5.10. The summed E-state index contributed by atoms with van der Waals surface area (Å²) < 4.78 is 0. The summed E-state index contributed by atoms with van der Waals surface area (Å²) in [6.07, 6.45) is 9.75. The van der Waals surface area contributed by atoms with Crippen LogP contribution in [0.25, 0.3) is 0 Å². The molecule has 0 atom stereocenters. The van der Waals surface area contributed by atoms with Gasteiger partial charge in [0.1, 0.15) is 0 Å². The second-order valence-corrected chi connectivity index (χ2v) is 6.91. The fourth-order valence-corrected chi connectivity index (χ4v) is 3.49. The van der Waals surface area contributed by atoms with Crippen molar-refractivity contribution in [2.45, 2.75) is 82.8 Å². The van der Waals surface area contributed by atoms with E-state index in [0.29, 0.717) is 5.41 Å². The highest BCUT2D eigenvalue weighted by Gasteiger charge is 2.50. The van der Waals surface area contributed by atoms with Crippen molar-refractivity contribution >= 4 is 0 Å². The maximum Gasteiger partial charge on any atom is 0.0826 e. The summed E-state index contributed by atoms with van der Waals surface area (Å²) in [5.41, 5.74) is 6.04. The highest BCUT2D eigenvalue weighted by atomic mass is 16.3. The van der Waals surface area contributed by atoms with Crippen LogP contribution in [0.3, 0.4) is 0 Å². The van der Waals surface area contributed by atoms with Crippen LogP contribution >= 0.6 is 0 Å². The molecule has 2 nitrogen and oxygen atoms in total. The molecular formula is C14H27NO. The lowest BCUT2D eigenvalue weighted by Gasteiger charge is -2.52. The maximum absolute atomic E-state index is 10.9. The quantitative estimate of drug-likeness (QED) is 0.720. The molecule has 2 rings (SSSR count). The standard InChI is InChI=1S/C14H27NO/c1-12(2)8-10-14(16,11-9-12)13(15)6-4-3-5-7-13/h16H,3-11,15H2,1-2H3. The highest BCUT2D eigenvalue weighted by molar-refractivity contribution is 5.07. The van der Waals surface area contributed by atoms with Crippen molar-refractivity contribution < 1.29 is 5.11 Å². The summed E-state index contributed by atoms with van der Waals surface area (Å²) in [5.74, 6) is 0. The summed E-state index contributed by atoms with van der Waals surface area (Å²) in [4.78, 5) is 0. The van der Waals surface area contributed by atoms with E-state index < -0.39 is 5.60 Å². The average Bonchev–Trinajstić information content (AvgIpc) is 2.24. The zero-order valence-electron chi connectivity index (χ0n) is 10.9. The predicted octanol–water partition coefficient (Wildman–Crippen LogP) is 2.98. The van der Waals surface area contributed by atoms with Gasteiger partial charge >= 0.3 is 0 Å². The fourth-order valence-electron chi connectivity index (χ4n) is 3.49. The fraction of sp³-hybridized carbons (Fsp3) is 1.00. The zero-order valence-corrected chi connectivity index (χ0v) is 10.9. The van der Waals surface area contributed by atoms with Gasteiger partial charge in [0.05, 0.1) is 5.60 Å². The van der Waals surface area contributed by atoms with E-state index in [-0.39, 0.29) is 5.54 Å².